The van der Waals surface area contributed by atoms with Crippen LogP contribution in [0.4, 0.5) is 11.6 Å². The number of anilines is 2. The van der Waals surface area contributed by atoms with Crippen molar-refractivity contribution in [1.29, 1.82) is 0 Å². The molecule has 3 aromatic rings. The van der Waals surface area contributed by atoms with Crippen LogP contribution in [0.3, 0.4) is 0 Å². The smallest absolute Gasteiger partial charge is 0.227 e. The predicted octanol–water partition coefficient (Wildman–Crippen LogP) is 3.90. The van der Waals surface area contributed by atoms with Crippen molar-refractivity contribution in [2.24, 2.45) is 0 Å². The van der Waals surface area contributed by atoms with E-state index in [1.165, 1.54) is 0 Å². The summed E-state index contributed by atoms with van der Waals surface area (Å²) >= 11 is 0. The zero-order valence-electron chi connectivity index (χ0n) is 13.0. The molecule has 0 aliphatic rings. The van der Waals surface area contributed by atoms with E-state index < -0.39 is 0 Å². The van der Waals surface area contributed by atoms with Gasteiger partial charge in [-0.05, 0) is 42.5 Å². The highest BCUT2D eigenvalue weighted by atomic mass is 16.5. The average molecular weight is 307 g/mol. The quantitative estimate of drug-likeness (QED) is 0.774. The molecule has 0 aliphatic carbocycles. The van der Waals surface area contributed by atoms with Gasteiger partial charge in [0.2, 0.25) is 5.95 Å². The minimum absolute atomic E-state index is 0.537. The van der Waals surface area contributed by atoms with Gasteiger partial charge >= 0.3 is 0 Å². The van der Waals surface area contributed by atoms with Crippen LogP contribution in [0, 0.1) is 0 Å². The molecule has 1 heterocycles. The molecule has 0 bridgehead atoms. The summed E-state index contributed by atoms with van der Waals surface area (Å²) < 4.78 is 10.4. The van der Waals surface area contributed by atoms with Gasteiger partial charge in [0, 0.05) is 17.4 Å². The van der Waals surface area contributed by atoms with Crippen molar-refractivity contribution in [2.75, 3.05) is 19.5 Å². The predicted molar refractivity (Wildman–Crippen MR) is 90.3 cm³/mol. The molecule has 0 spiro atoms. The van der Waals surface area contributed by atoms with Gasteiger partial charge in [0.15, 0.2) is 0 Å². The van der Waals surface area contributed by atoms with Crippen LogP contribution >= 0.6 is 0 Å². The van der Waals surface area contributed by atoms with Crippen molar-refractivity contribution in [3.8, 4) is 22.8 Å². The van der Waals surface area contributed by atoms with Crippen LogP contribution in [-0.2, 0) is 0 Å². The summed E-state index contributed by atoms with van der Waals surface area (Å²) in [4.78, 5) is 8.81. The average Bonchev–Trinajstić information content (AvgIpc) is 2.63. The van der Waals surface area contributed by atoms with Gasteiger partial charge in [-0.3, -0.25) is 0 Å². The molecule has 1 aromatic heterocycles. The Balaban J connectivity index is 1.84. The van der Waals surface area contributed by atoms with Gasteiger partial charge in [-0.15, -0.1) is 0 Å². The summed E-state index contributed by atoms with van der Waals surface area (Å²) in [7, 11) is 3.29. The number of methoxy groups -OCH3 is 2. The van der Waals surface area contributed by atoms with E-state index in [0.29, 0.717) is 5.95 Å². The third-order valence-electron chi connectivity index (χ3n) is 3.37. The molecule has 0 aliphatic heterocycles. The lowest BCUT2D eigenvalue weighted by Gasteiger charge is -2.08. The van der Waals surface area contributed by atoms with Crippen molar-refractivity contribution >= 4 is 11.6 Å². The third kappa shape index (κ3) is 3.58. The molecule has 0 radical (unpaired) electrons. The maximum absolute atomic E-state index is 5.25. The molecule has 5 heteroatoms. The molecule has 0 atom stereocenters. The van der Waals surface area contributed by atoms with Crippen LogP contribution in [-0.4, -0.2) is 24.2 Å². The first kappa shape index (κ1) is 14.8. The van der Waals surface area contributed by atoms with Crippen LogP contribution < -0.4 is 14.8 Å². The number of benzene rings is 2. The normalized spacial score (nSPS) is 10.2. The summed E-state index contributed by atoms with van der Waals surface area (Å²) in [6.07, 6.45) is 1.73. The Labute approximate surface area is 134 Å². The van der Waals surface area contributed by atoms with E-state index in [0.717, 1.165) is 28.4 Å². The van der Waals surface area contributed by atoms with Crippen LogP contribution in [0.15, 0.2) is 60.8 Å². The third-order valence-corrected chi connectivity index (χ3v) is 3.37. The highest BCUT2D eigenvalue weighted by Gasteiger charge is 2.04. The van der Waals surface area contributed by atoms with Gasteiger partial charge in [0.25, 0.3) is 0 Å². The zero-order chi connectivity index (χ0) is 16.1. The molecule has 0 saturated carbocycles. The molecule has 5 nitrogen and oxygen atoms in total. The summed E-state index contributed by atoms with van der Waals surface area (Å²) in [5, 5.41) is 3.18. The summed E-state index contributed by atoms with van der Waals surface area (Å²) in [5.41, 5.74) is 2.70. The molecule has 2 aromatic carbocycles. The fourth-order valence-corrected chi connectivity index (χ4v) is 2.17. The standard InChI is InChI=1S/C18H17N3O2/c1-22-15-8-6-14(7-9-15)20-18-19-11-10-17(21-18)13-4-3-5-16(12-13)23-2/h3-12H,1-2H3,(H,19,20,21). The maximum Gasteiger partial charge on any atom is 0.227 e. The molecule has 3 rings (SSSR count). The summed E-state index contributed by atoms with van der Waals surface area (Å²) in [6.45, 7) is 0. The van der Waals surface area contributed by atoms with E-state index in [9.17, 15) is 0 Å². The van der Waals surface area contributed by atoms with Crippen molar-refractivity contribution in [1.82, 2.24) is 9.97 Å². The molecular weight excluding hydrogens is 290 g/mol. The Morgan fingerprint density at radius 1 is 0.870 bits per heavy atom. The Morgan fingerprint density at radius 2 is 1.65 bits per heavy atom. The number of aromatic nitrogens is 2. The van der Waals surface area contributed by atoms with Gasteiger partial charge in [-0.2, -0.15) is 0 Å². The van der Waals surface area contributed by atoms with Gasteiger partial charge in [-0.1, -0.05) is 12.1 Å². The minimum Gasteiger partial charge on any atom is -0.497 e. The van der Waals surface area contributed by atoms with E-state index in [2.05, 4.69) is 15.3 Å². The molecule has 1 N–H and O–H groups in total. The molecule has 0 amide bonds. The Kier molecular flexibility index (Phi) is 4.38. The highest BCUT2D eigenvalue weighted by molar-refractivity contribution is 5.63. The zero-order valence-corrected chi connectivity index (χ0v) is 13.0. The lowest BCUT2D eigenvalue weighted by molar-refractivity contribution is 0.415. The number of nitrogens with one attached hydrogen (secondary N) is 1. The second kappa shape index (κ2) is 6.79. The molecule has 116 valence electrons. The highest BCUT2D eigenvalue weighted by Crippen LogP contribution is 2.23. The molecule has 0 unspecified atom stereocenters. The van der Waals surface area contributed by atoms with E-state index in [4.69, 9.17) is 9.47 Å². The molecule has 23 heavy (non-hydrogen) atoms. The van der Waals surface area contributed by atoms with Gasteiger partial charge in [-0.25, -0.2) is 9.97 Å². The van der Waals surface area contributed by atoms with E-state index >= 15 is 0 Å². The van der Waals surface area contributed by atoms with Crippen molar-refractivity contribution in [2.45, 2.75) is 0 Å². The SMILES string of the molecule is COc1ccc(Nc2nccc(-c3cccc(OC)c3)n2)cc1. The second-order valence-corrected chi connectivity index (χ2v) is 4.85. The van der Waals surface area contributed by atoms with Gasteiger partial charge in [0.1, 0.15) is 11.5 Å². The largest absolute Gasteiger partial charge is 0.497 e. The molecular formula is C18H17N3O2. The first-order chi connectivity index (χ1) is 11.3. The first-order valence-corrected chi connectivity index (χ1v) is 7.17. The van der Waals surface area contributed by atoms with Gasteiger partial charge < -0.3 is 14.8 Å². The number of hydrogen-bond donors (Lipinski definition) is 1. The monoisotopic (exact) mass is 307 g/mol. The minimum atomic E-state index is 0.537. The van der Waals surface area contributed by atoms with Crippen molar-refractivity contribution in [3.05, 3.63) is 60.8 Å². The Bertz CT molecular complexity index is 788. The van der Waals surface area contributed by atoms with Crippen molar-refractivity contribution < 1.29 is 9.47 Å². The summed E-state index contributed by atoms with van der Waals surface area (Å²) in [6, 6.07) is 17.2. The first-order valence-electron chi connectivity index (χ1n) is 7.17. The second-order valence-electron chi connectivity index (χ2n) is 4.85. The fourth-order valence-electron chi connectivity index (χ4n) is 2.17. The van der Waals surface area contributed by atoms with E-state index in [-0.39, 0.29) is 0 Å². The van der Waals surface area contributed by atoms with E-state index in [1.54, 1.807) is 20.4 Å². The number of rotatable bonds is 5. The Hall–Kier alpha value is -3.08. The maximum atomic E-state index is 5.25. The number of hydrogen-bond acceptors (Lipinski definition) is 5. The van der Waals surface area contributed by atoms with Crippen LogP contribution in [0.1, 0.15) is 0 Å². The lowest BCUT2D eigenvalue weighted by Crippen LogP contribution is -1.98. The van der Waals surface area contributed by atoms with E-state index in [1.807, 2.05) is 54.6 Å². The summed E-state index contributed by atoms with van der Waals surface area (Å²) in [5.74, 6) is 2.14. The van der Waals surface area contributed by atoms with Crippen LogP contribution in [0.25, 0.3) is 11.3 Å². The van der Waals surface area contributed by atoms with Crippen molar-refractivity contribution in [3.63, 3.8) is 0 Å². The Morgan fingerprint density at radius 3 is 2.39 bits per heavy atom. The molecule has 0 fully saturated rings. The molecule has 0 saturated heterocycles. The van der Waals surface area contributed by atoms with Crippen LogP contribution in [0.5, 0.6) is 11.5 Å². The number of nitrogens with zero attached hydrogens (tertiary/aromatic N) is 2. The fraction of sp³-hybridized carbons (Fsp3) is 0.111. The van der Waals surface area contributed by atoms with Gasteiger partial charge in [0.05, 0.1) is 19.9 Å². The van der Waals surface area contributed by atoms with Crippen LogP contribution in [0.2, 0.25) is 0 Å². The lowest BCUT2D eigenvalue weighted by atomic mass is 10.1. The number of ether oxygens (including phenoxy) is 2. The topological polar surface area (TPSA) is 56.3 Å².